The highest BCUT2D eigenvalue weighted by atomic mass is 32.2. The molecule has 3 rings (SSSR count). The van der Waals surface area contributed by atoms with E-state index in [0.717, 1.165) is 41.8 Å². The summed E-state index contributed by atoms with van der Waals surface area (Å²) in [6.07, 6.45) is 7.13. The molecule has 1 aromatic carbocycles. The minimum absolute atomic E-state index is 0.390. The van der Waals surface area contributed by atoms with Crippen LogP contribution in [-0.4, -0.2) is 22.7 Å². The predicted octanol–water partition coefficient (Wildman–Crippen LogP) is 3.72. The largest absolute Gasteiger partial charge is 0.493 e. The fourth-order valence-electron chi connectivity index (χ4n) is 3.05. The van der Waals surface area contributed by atoms with E-state index in [1.807, 2.05) is 23.9 Å². The first-order chi connectivity index (χ1) is 9.34. The van der Waals surface area contributed by atoms with Gasteiger partial charge in [0.05, 0.1) is 12.7 Å². The predicted molar refractivity (Wildman–Crippen MR) is 79.9 cm³/mol. The lowest BCUT2D eigenvalue weighted by Gasteiger charge is -2.23. The summed E-state index contributed by atoms with van der Waals surface area (Å²) in [4.78, 5) is 0. The Labute approximate surface area is 119 Å². The van der Waals surface area contributed by atoms with Gasteiger partial charge in [0.2, 0.25) is 0 Å². The van der Waals surface area contributed by atoms with Crippen molar-refractivity contribution in [2.75, 3.05) is 12.4 Å². The Morgan fingerprint density at radius 1 is 1.26 bits per heavy atom. The van der Waals surface area contributed by atoms with Crippen LogP contribution < -0.4 is 4.74 Å². The highest BCUT2D eigenvalue weighted by Gasteiger charge is 2.22. The second kappa shape index (κ2) is 6.19. The number of aliphatic hydroxyl groups is 1. The van der Waals surface area contributed by atoms with Crippen molar-refractivity contribution >= 4 is 11.8 Å². The molecule has 1 aliphatic carbocycles. The summed E-state index contributed by atoms with van der Waals surface area (Å²) >= 11 is 1.93. The van der Waals surface area contributed by atoms with Crippen molar-refractivity contribution in [2.24, 2.45) is 0 Å². The van der Waals surface area contributed by atoms with Gasteiger partial charge in [-0.1, -0.05) is 31.0 Å². The van der Waals surface area contributed by atoms with Crippen molar-refractivity contribution in [3.63, 3.8) is 0 Å². The van der Waals surface area contributed by atoms with Gasteiger partial charge in [-0.15, -0.1) is 0 Å². The molecule has 1 atom stereocenters. The van der Waals surface area contributed by atoms with Crippen LogP contribution >= 0.6 is 11.8 Å². The average molecular weight is 278 g/mol. The van der Waals surface area contributed by atoms with E-state index in [1.54, 1.807) is 0 Å². The van der Waals surface area contributed by atoms with Crippen molar-refractivity contribution < 1.29 is 9.84 Å². The summed E-state index contributed by atoms with van der Waals surface area (Å²) in [5.74, 6) is 1.75. The van der Waals surface area contributed by atoms with E-state index in [2.05, 4.69) is 6.07 Å². The number of fused-ring (bicyclic) bond motifs is 1. The van der Waals surface area contributed by atoms with Gasteiger partial charge in [0.1, 0.15) is 5.75 Å². The van der Waals surface area contributed by atoms with Gasteiger partial charge in [-0.05, 0) is 31.2 Å². The monoisotopic (exact) mass is 278 g/mol. The van der Waals surface area contributed by atoms with Crippen molar-refractivity contribution in [1.82, 2.24) is 0 Å². The van der Waals surface area contributed by atoms with Gasteiger partial charge in [-0.25, -0.2) is 0 Å². The zero-order chi connectivity index (χ0) is 13.1. The summed E-state index contributed by atoms with van der Waals surface area (Å²) in [7, 11) is 0. The second-order valence-electron chi connectivity index (χ2n) is 5.54. The average Bonchev–Trinajstić information content (AvgIpc) is 2.97. The second-order valence-corrected chi connectivity index (χ2v) is 6.88. The summed E-state index contributed by atoms with van der Waals surface area (Å²) in [6, 6.07) is 6.19. The third kappa shape index (κ3) is 3.09. The first kappa shape index (κ1) is 13.3. The molecular weight excluding hydrogens is 256 g/mol. The van der Waals surface area contributed by atoms with Crippen molar-refractivity contribution in [3.05, 3.63) is 29.3 Å². The molecule has 1 aromatic rings. The molecule has 1 saturated carbocycles. The maximum atomic E-state index is 10.4. The zero-order valence-corrected chi connectivity index (χ0v) is 12.1. The molecule has 0 saturated heterocycles. The Kier molecular flexibility index (Phi) is 4.34. The normalized spacial score (nSPS) is 20.9. The Bertz CT molecular complexity index is 427. The fourth-order valence-corrected chi connectivity index (χ4v) is 4.35. The minimum Gasteiger partial charge on any atom is -0.493 e. The Morgan fingerprint density at radius 2 is 2.11 bits per heavy atom. The number of hydrogen-bond acceptors (Lipinski definition) is 3. The van der Waals surface area contributed by atoms with Crippen molar-refractivity contribution in [2.45, 2.75) is 49.9 Å². The molecule has 104 valence electrons. The molecule has 1 unspecified atom stereocenters. The standard InChI is InChI=1S/C16H22O2S/c17-15(11-19-13-7-1-2-8-13)14-9-3-5-12-6-4-10-18-16(12)14/h3,5,9,13,15,17H,1-2,4,6-8,10-11H2. The van der Waals surface area contributed by atoms with Crippen molar-refractivity contribution in [1.29, 1.82) is 0 Å². The van der Waals surface area contributed by atoms with Crippen LogP contribution in [0.4, 0.5) is 0 Å². The summed E-state index contributed by atoms with van der Waals surface area (Å²) in [5.41, 5.74) is 2.25. The minimum atomic E-state index is -0.390. The summed E-state index contributed by atoms with van der Waals surface area (Å²) in [6.45, 7) is 0.784. The van der Waals surface area contributed by atoms with Crippen LogP contribution in [-0.2, 0) is 6.42 Å². The Balaban J connectivity index is 1.67. The molecule has 2 aliphatic rings. The van der Waals surface area contributed by atoms with Crippen LogP contribution in [0.2, 0.25) is 0 Å². The van der Waals surface area contributed by atoms with Gasteiger partial charge in [0.25, 0.3) is 0 Å². The molecule has 1 aliphatic heterocycles. The van der Waals surface area contributed by atoms with Gasteiger partial charge in [0, 0.05) is 16.6 Å². The number of aliphatic hydroxyl groups excluding tert-OH is 1. The first-order valence-electron chi connectivity index (χ1n) is 7.39. The summed E-state index contributed by atoms with van der Waals surface area (Å²) in [5, 5.41) is 11.2. The van der Waals surface area contributed by atoms with Crippen LogP contribution in [0.3, 0.4) is 0 Å². The van der Waals surface area contributed by atoms with Gasteiger partial charge < -0.3 is 9.84 Å². The third-order valence-corrected chi connectivity index (χ3v) is 5.57. The lowest BCUT2D eigenvalue weighted by Crippen LogP contribution is -2.13. The maximum Gasteiger partial charge on any atom is 0.128 e. The van der Waals surface area contributed by atoms with E-state index in [-0.39, 0.29) is 0 Å². The molecule has 0 amide bonds. The maximum absolute atomic E-state index is 10.4. The highest BCUT2D eigenvalue weighted by molar-refractivity contribution is 7.99. The van der Waals surface area contributed by atoms with Gasteiger partial charge in [0.15, 0.2) is 0 Å². The van der Waals surface area contributed by atoms with E-state index in [1.165, 1.54) is 31.2 Å². The number of thioether (sulfide) groups is 1. The molecule has 1 fully saturated rings. The van der Waals surface area contributed by atoms with Crippen LogP contribution in [0, 0.1) is 0 Å². The van der Waals surface area contributed by atoms with E-state index in [0.29, 0.717) is 0 Å². The van der Waals surface area contributed by atoms with Gasteiger partial charge >= 0.3 is 0 Å². The van der Waals surface area contributed by atoms with Crippen LogP contribution in [0.15, 0.2) is 18.2 Å². The molecule has 0 aromatic heterocycles. The molecule has 1 heterocycles. The van der Waals surface area contributed by atoms with Crippen LogP contribution in [0.1, 0.15) is 49.3 Å². The number of ether oxygens (including phenoxy) is 1. The number of aryl methyl sites for hydroxylation is 1. The number of benzene rings is 1. The smallest absolute Gasteiger partial charge is 0.128 e. The van der Waals surface area contributed by atoms with Crippen LogP contribution in [0.5, 0.6) is 5.75 Å². The van der Waals surface area contributed by atoms with Crippen LogP contribution in [0.25, 0.3) is 0 Å². The fraction of sp³-hybridized carbons (Fsp3) is 0.625. The number of rotatable bonds is 4. The molecule has 2 nitrogen and oxygen atoms in total. The van der Waals surface area contributed by atoms with Crippen molar-refractivity contribution in [3.8, 4) is 5.75 Å². The molecule has 3 heteroatoms. The Morgan fingerprint density at radius 3 is 2.95 bits per heavy atom. The number of hydrogen-bond donors (Lipinski definition) is 1. The van der Waals surface area contributed by atoms with E-state index in [9.17, 15) is 5.11 Å². The van der Waals surface area contributed by atoms with E-state index >= 15 is 0 Å². The zero-order valence-electron chi connectivity index (χ0n) is 11.3. The third-order valence-electron chi connectivity index (χ3n) is 4.11. The highest BCUT2D eigenvalue weighted by Crippen LogP contribution is 2.36. The SMILES string of the molecule is OC(CSC1CCCC1)c1cccc2c1OCCC2. The summed E-state index contributed by atoms with van der Waals surface area (Å²) < 4.78 is 5.78. The first-order valence-corrected chi connectivity index (χ1v) is 8.44. The van der Waals surface area contributed by atoms with Gasteiger partial charge in [-0.3, -0.25) is 0 Å². The van der Waals surface area contributed by atoms with Gasteiger partial charge in [-0.2, -0.15) is 11.8 Å². The quantitative estimate of drug-likeness (QED) is 0.910. The Hall–Kier alpha value is -0.670. The molecular formula is C16H22O2S. The topological polar surface area (TPSA) is 29.5 Å². The van der Waals surface area contributed by atoms with E-state index < -0.39 is 6.10 Å². The van der Waals surface area contributed by atoms with E-state index in [4.69, 9.17) is 4.74 Å². The molecule has 1 N–H and O–H groups in total. The molecule has 19 heavy (non-hydrogen) atoms. The molecule has 0 bridgehead atoms. The lowest BCUT2D eigenvalue weighted by molar-refractivity contribution is 0.192. The molecule has 0 spiro atoms. The lowest BCUT2D eigenvalue weighted by atomic mass is 10.00. The molecule has 0 radical (unpaired) electrons. The number of para-hydroxylation sites is 1.